The van der Waals surface area contributed by atoms with E-state index in [1.54, 1.807) is 0 Å². The standard InChI is InChI=1S/C17H31NO2SSi/c1-5-22(6-2,7-3)14-13-17(15-18-21(4,19)20)16-11-9-8-10-12-16/h8-12,17-18H,5-7,13-15H2,1-4H3/t17-/m1/s1. The largest absolute Gasteiger partial charge is 0.215 e. The third-order valence-electron chi connectivity index (χ3n) is 5.14. The molecule has 1 aromatic rings. The molecule has 0 aliphatic carbocycles. The highest BCUT2D eigenvalue weighted by Gasteiger charge is 2.28. The maximum Gasteiger partial charge on any atom is 0.208 e. The molecule has 0 bridgehead atoms. The van der Waals surface area contributed by atoms with Crippen molar-refractivity contribution >= 4 is 18.1 Å². The highest BCUT2D eigenvalue weighted by molar-refractivity contribution is 7.88. The van der Waals surface area contributed by atoms with Gasteiger partial charge in [-0.3, -0.25) is 0 Å². The lowest BCUT2D eigenvalue weighted by molar-refractivity contribution is 0.570. The van der Waals surface area contributed by atoms with Crippen LogP contribution in [0.1, 0.15) is 38.7 Å². The van der Waals surface area contributed by atoms with Gasteiger partial charge >= 0.3 is 0 Å². The molecule has 0 radical (unpaired) electrons. The second-order valence-electron chi connectivity index (χ2n) is 6.33. The van der Waals surface area contributed by atoms with Gasteiger partial charge in [0, 0.05) is 6.54 Å². The van der Waals surface area contributed by atoms with Crippen molar-refractivity contribution in [2.24, 2.45) is 0 Å². The Morgan fingerprint density at radius 2 is 1.59 bits per heavy atom. The van der Waals surface area contributed by atoms with Crippen LogP contribution >= 0.6 is 0 Å². The van der Waals surface area contributed by atoms with Gasteiger partial charge in [-0.2, -0.15) is 0 Å². The summed E-state index contributed by atoms with van der Waals surface area (Å²) in [6.45, 7) is 7.48. The van der Waals surface area contributed by atoms with Crippen LogP contribution in [0.5, 0.6) is 0 Å². The number of hydrogen-bond acceptors (Lipinski definition) is 2. The van der Waals surface area contributed by atoms with Crippen LogP contribution in [0.25, 0.3) is 0 Å². The molecule has 126 valence electrons. The van der Waals surface area contributed by atoms with Crippen molar-refractivity contribution in [1.82, 2.24) is 4.72 Å². The highest BCUT2D eigenvalue weighted by Crippen LogP contribution is 2.31. The molecular formula is C17H31NO2SSi. The molecule has 0 saturated heterocycles. The lowest BCUT2D eigenvalue weighted by Crippen LogP contribution is -2.33. The van der Waals surface area contributed by atoms with Gasteiger partial charge in [0.1, 0.15) is 0 Å². The Balaban J connectivity index is 2.82. The molecule has 0 aliphatic heterocycles. The number of hydrogen-bond donors (Lipinski definition) is 1. The third kappa shape index (κ3) is 6.22. The van der Waals surface area contributed by atoms with E-state index in [1.807, 2.05) is 18.2 Å². The first-order chi connectivity index (χ1) is 10.4. The average molecular weight is 342 g/mol. The van der Waals surface area contributed by atoms with Crippen molar-refractivity contribution in [3.63, 3.8) is 0 Å². The molecule has 1 rings (SSSR count). The molecule has 3 nitrogen and oxygen atoms in total. The van der Waals surface area contributed by atoms with Crippen LogP contribution in [0, 0.1) is 0 Å². The number of nitrogens with one attached hydrogen (secondary N) is 1. The molecule has 0 unspecified atom stereocenters. The van der Waals surface area contributed by atoms with E-state index < -0.39 is 18.1 Å². The van der Waals surface area contributed by atoms with E-state index in [9.17, 15) is 8.42 Å². The minimum Gasteiger partial charge on any atom is -0.215 e. The molecule has 5 heteroatoms. The van der Waals surface area contributed by atoms with Gasteiger partial charge in [0.15, 0.2) is 0 Å². The fourth-order valence-electron chi connectivity index (χ4n) is 3.12. The van der Waals surface area contributed by atoms with Crippen LogP contribution in [0.4, 0.5) is 0 Å². The van der Waals surface area contributed by atoms with Crippen LogP contribution in [-0.2, 0) is 10.0 Å². The van der Waals surface area contributed by atoms with Gasteiger partial charge in [-0.05, 0) is 17.9 Å². The molecule has 0 heterocycles. The summed E-state index contributed by atoms with van der Waals surface area (Å²) in [5.74, 6) is 0.271. The van der Waals surface area contributed by atoms with Gasteiger partial charge in [0.25, 0.3) is 0 Å². The van der Waals surface area contributed by atoms with Crippen molar-refractivity contribution in [3.05, 3.63) is 35.9 Å². The monoisotopic (exact) mass is 341 g/mol. The molecule has 0 saturated carbocycles. The van der Waals surface area contributed by atoms with E-state index in [2.05, 4.69) is 37.6 Å². The minimum absolute atomic E-state index is 0.271. The lowest BCUT2D eigenvalue weighted by atomic mass is 9.97. The summed E-state index contributed by atoms with van der Waals surface area (Å²) in [6.07, 6.45) is 2.31. The van der Waals surface area contributed by atoms with E-state index in [-0.39, 0.29) is 5.92 Å². The van der Waals surface area contributed by atoms with Gasteiger partial charge in [-0.1, -0.05) is 75.3 Å². The van der Waals surface area contributed by atoms with E-state index in [4.69, 9.17) is 0 Å². The minimum atomic E-state index is -3.14. The molecule has 1 N–H and O–H groups in total. The van der Waals surface area contributed by atoms with E-state index >= 15 is 0 Å². The molecular weight excluding hydrogens is 310 g/mol. The highest BCUT2D eigenvalue weighted by atomic mass is 32.2. The summed E-state index contributed by atoms with van der Waals surface area (Å²) < 4.78 is 25.6. The molecule has 0 amide bonds. The predicted octanol–water partition coefficient (Wildman–Crippen LogP) is 4.22. The summed E-state index contributed by atoms with van der Waals surface area (Å²) in [6, 6.07) is 15.5. The Morgan fingerprint density at radius 1 is 1.05 bits per heavy atom. The molecule has 0 spiro atoms. The Morgan fingerprint density at radius 3 is 2.05 bits per heavy atom. The van der Waals surface area contributed by atoms with Crippen molar-refractivity contribution in [3.8, 4) is 0 Å². The van der Waals surface area contributed by atoms with Gasteiger partial charge in [0.2, 0.25) is 10.0 Å². The van der Waals surface area contributed by atoms with Crippen LogP contribution in [-0.4, -0.2) is 29.3 Å². The molecule has 0 aromatic heterocycles. The Labute approximate surface area is 137 Å². The van der Waals surface area contributed by atoms with Crippen LogP contribution in [0.2, 0.25) is 24.2 Å². The fraction of sp³-hybridized carbons (Fsp3) is 0.647. The Hall–Kier alpha value is -0.653. The number of sulfonamides is 1. The van der Waals surface area contributed by atoms with Gasteiger partial charge in [-0.15, -0.1) is 0 Å². The molecule has 1 atom stereocenters. The number of rotatable bonds is 10. The van der Waals surface area contributed by atoms with Crippen molar-refractivity contribution in [2.45, 2.75) is 57.3 Å². The average Bonchev–Trinajstić information content (AvgIpc) is 2.51. The summed E-state index contributed by atoms with van der Waals surface area (Å²) in [7, 11) is -4.30. The summed E-state index contributed by atoms with van der Waals surface area (Å²) in [5.41, 5.74) is 1.24. The van der Waals surface area contributed by atoms with Crippen molar-refractivity contribution in [1.29, 1.82) is 0 Å². The van der Waals surface area contributed by atoms with Crippen molar-refractivity contribution in [2.75, 3.05) is 12.8 Å². The van der Waals surface area contributed by atoms with E-state index in [0.29, 0.717) is 6.54 Å². The SMILES string of the molecule is CC[Si](CC)(CC)CC[C@H](CNS(C)(=O)=O)c1ccccc1. The molecule has 0 aliphatic rings. The zero-order valence-electron chi connectivity index (χ0n) is 14.4. The second-order valence-corrected chi connectivity index (χ2v) is 13.8. The summed E-state index contributed by atoms with van der Waals surface area (Å²) in [5, 5.41) is 0. The van der Waals surface area contributed by atoms with Crippen LogP contribution in [0.15, 0.2) is 30.3 Å². The fourth-order valence-corrected chi connectivity index (χ4v) is 7.15. The molecule has 0 fully saturated rings. The molecule has 1 aromatic carbocycles. The zero-order chi connectivity index (χ0) is 16.6. The first kappa shape index (κ1) is 19.4. The van der Waals surface area contributed by atoms with E-state index in [0.717, 1.165) is 6.42 Å². The maximum atomic E-state index is 11.4. The smallest absolute Gasteiger partial charge is 0.208 e. The predicted molar refractivity (Wildman–Crippen MR) is 98.7 cm³/mol. The second kappa shape index (κ2) is 8.84. The van der Waals surface area contributed by atoms with Gasteiger partial charge in [-0.25, -0.2) is 13.1 Å². The summed E-state index contributed by atoms with van der Waals surface area (Å²) >= 11 is 0. The van der Waals surface area contributed by atoms with E-state index in [1.165, 1.54) is 36.0 Å². The van der Waals surface area contributed by atoms with Gasteiger partial charge < -0.3 is 0 Å². The quantitative estimate of drug-likeness (QED) is 0.648. The van der Waals surface area contributed by atoms with Crippen LogP contribution in [0.3, 0.4) is 0 Å². The first-order valence-corrected chi connectivity index (χ1v) is 13.1. The zero-order valence-corrected chi connectivity index (χ0v) is 16.2. The first-order valence-electron chi connectivity index (χ1n) is 8.35. The number of benzene rings is 1. The topological polar surface area (TPSA) is 46.2 Å². The maximum absolute atomic E-state index is 11.4. The third-order valence-corrected chi connectivity index (χ3v) is 11.7. The summed E-state index contributed by atoms with van der Waals surface area (Å²) in [4.78, 5) is 0. The Kier molecular flexibility index (Phi) is 7.80. The van der Waals surface area contributed by atoms with Crippen LogP contribution < -0.4 is 4.72 Å². The lowest BCUT2D eigenvalue weighted by Gasteiger charge is -2.30. The van der Waals surface area contributed by atoms with Crippen molar-refractivity contribution < 1.29 is 8.42 Å². The molecule has 22 heavy (non-hydrogen) atoms. The normalized spacial score (nSPS) is 14.0. The Bertz CT molecular complexity index is 519. The van der Waals surface area contributed by atoms with Gasteiger partial charge in [0.05, 0.1) is 14.3 Å².